The van der Waals surface area contributed by atoms with Gasteiger partial charge in [-0.15, -0.1) is 0 Å². The zero-order chi connectivity index (χ0) is 36.2. The van der Waals surface area contributed by atoms with Crippen LogP contribution < -0.4 is 10.9 Å². The molecule has 5 rings (SSSR count). The Labute approximate surface area is 285 Å². The number of aliphatic hydroxyl groups is 1. The van der Waals surface area contributed by atoms with Crippen molar-refractivity contribution in [3.8, 4) is 6.07 Å². The summed E-state index contributed by atoms with van der Waals surface area (Å²) in [6, 6.07) is 1.85. The molecule has 2 unspecified atom stereocenters. The predicted molar refractivity (Wildman–Crippen MR) is 170 cm³/mol. The minimum Gasteiger partial charge on any atom is -0.388 e. The molecule has 0 aliphatic carbocycles. The molecular formula is C25H30F2N10O10P2S. The average molecular weight is 763 g/mol. The van der Waals surface area contributed by atoms with Crippen molar-refractivity contribution in [2.24, 2.45) is 5.92 Å². The largest absolute Gasteiger partial charge is 0.388 e. The summed E-state index contributed by atoms with van der Waals surface area (Å²) in [5.74, 6) is -5.10. The number of ether oxygens (including phenoxy) is 1. The van der Waals surface area contributed by atoms with Gasteiger partial charge in [0.2, 0.25) is 11.9 Å². The van der Waals surface area contributed by atoms with Gasteiger partial charge >= 0.3 is 20.9 Å². The van der Waals surface area contributed by atoms with Crippen LogP contribution in [0.4, 0.5) is 14.7 Å². The number of nitrogens with zero attached hydrogens (tertiary/aromatic N) is 8. The van der Waals surface area contributed by atoms with E-state index in [9.17, 15) is 24.2 Å². The van der Waals surface area contributed by atoms with Crippen LogP contribution in [0.5, 0.6) is 0 Å². The summed E-state index contributed by atoms with van der Waals surface area (Å²) in [5, 5.41) is 21.1. The third-order valence-electron chi connectivity index (χ3n) is 7.11. The molecule has 5 heterocycles. The third-order valence-corrected chi connectivity index (χ3v) is 9.98. The summed E-state index contributed by atoms with van der Waals surface area (Å²) >= 11 is 5.45. The van der Waals surface area contributed by atoms with E-state index in [0.717, 1.165) is 10.9 Å². The number of halogens is 2. The number of aliphatic hydroxyl groups excluding tert-OH is 1. The van der Waals surface area contributed by atoms with E-state index in [1.165, 1.54) is 17.1 Å². The number of amides is 1. The predicted octanol–water partition coefficient (Wildman–Crippen LogP) is 1.53. The zero-order valence-electron chi connectivity index (χ0n) is 26.1. The van der Waals surface area contributed by atoms with Crippen LogP contribution in [0.3, 0.4) is 0 Å². The number of alkyl halides is 2. The lowest BCUT2D eigenvalue weighted by Crippen LogP contribution is -2.42. The molecule has 0 saturated carbocycles. The number of aromatic nitrogens is 8. The van der Waals surface area contributed by atoms with Crippen LogP contribution in [0.2, 0.25) is 0 Å². The van der Waals surface area contributed by atoms with E-state index in [1.54, 1.807) is 13.8 Å². The highest BCUT2D eigenvalue weighted by atomic mass is 32.5. The topological polar surface area (TPSA) is 264 Å². The highest BCUT2D eigenvalue weighted by Gasteiger charge is 2.62. The number of hydrogen-bond acceptors (Lipinski definition) is 16. The molecule has 1 fully saturated rings. The third kappa shape index (κ3) is 8.10. The van der Waals surface area contributed by atoms with Gasteiger partial charge in [0.1, 0.15) is 24.3 Å². The molecule has 270 valence electrons. The second-order valence-corrected chi connectivity index (χ2v) is 14.5. The molecule has 1 aliphatic heterocycles. The Kier molecular flexibility index (Phi) is 11.8. The van der Waals surface area contributed by atoms with Crippen molar-refractivity contribution < 1.29 is 51.0 Å². The number of carbonyl (C=O) groups is 1. The van der Waals surface area contributed by atoms with E-state index in [0.29, 0.717) is 11.2 Å². The molecule has 1 saturated heterocycles. The summed E-state index contributed by atoms with van der Waals surface area (Å²) in [4.78, 5) is 57.0. The standard InChI is InChI=1S/C25H30F2N10O10P2S/c1-13(2)21(39)34-24-33-20-17(22(40)35-24)31-12-37(20)23-18(47-48(41)42)25(26,27)15(46-23)10-45-49(50,43-6-3-4-28)44-7-5-36-16(9-38)32-14-8-29-11-30-19(14)36/h8,11-13,15,18,23,38,48H,3,5-7,9-10H2,1-2H3,(H,41,42)(H2,33,34,35,39,40)/t15-,18+,23-,49?/m1/s1. The van der Waals surface area contributed by atoms with Crippen LogP contribution in [-0.4, -0.2) is 92.9 Å². The van der Waals surface area contributed by atoms with Crippen molar-refractivity contribution in [1.82, 2.24) is 39.0 Å². The van der Waals surface area contributed by atoms with Crippen LogP contribution in [0.15, 0.2) is 23.6 Å². The Morgan fingerprint density at radius 3 is 2.74 bits per heavy atom. The number of hydrogen-bond donors (Lipinski definition) is 4. The lowest BCUT2D eigenvalue weighted by molar-refractivity contribution is -0.119. The minimum absolute atomic E-state index is 0.0189. The maximum atomic E-state index is 15.9. The molecule has 1 amide bonds. The molecule has 25 heteroatoms. The number of nitriles is 1. The van der Waals surface area contributed by atoms with E-state index in [1.807, 2.05) is 6.07 Å². The molecule has 0 bridgehead atoms. The highest BCUT2D eigenvalue weighted by molar-refractivity contribution is 8.07. The van der Waals surface area contributed by atoms with Gasteiger partial charge in [0.05, 0.1) is 44.8 Å². The van der Waals surface area contributed by atoms with E-state index >= 15 is 8.78 Å². The number of rotatable bonds is 16. The Hall–Kier alpha value is -3.68. The maximum Gasteiger partial charge on any atom is 0.327 e. The summed E-state index contributed by atoms with van der Waals surface area (Å²) < 4.78 is 73.2. The Bertz CT molecular complexity index is 2040. The van der Waals surface area contributed by atoms with Crippen LogP contribution in [-0.2, 0) is 57.1 Å². The van der Waals surface area contributed by atoms with Gasteiger partial charge in [0, 0.05) is 12.5 Å². The van der Waals surface area contributed by atoms with Crippen molar-refractivity contribution in [2.75, 3.05) is 25.1 Å². The van der Waals surface area contributed by atoms with Gasteiger partial charge in [0.25, 0.3) is 5.56 Å². The van der Waals surface area contributed by atoms with Crippen molar-refractivity contribution in [2.45, 2.75) is 57.8 Å². The van der Waals surface area contributed by atoms with Gasteiger partial charge in [0.15, 0.2) is 35.2 Å². The normalized spacial score (nSPS) is 20.6. The van der Waals surface area contributed by atoms with E-state index in [-0.39, 0.29) is 49.1 Å². The van der Waals surface area contributed by atoms with Gasteiger partial charge in [-0.2, -0.15) is 10.2 Å². The summed E-state index contributed by atoms with van der Waals surface area (Å²) in [5.41, 5.74) is -0.665. The van der Waals surface area contributed by atoms with Crippen molar-refractivity contribution in [3.63, 3.8) is 0 Å². The van der Waals surface area contributed by atoms with Gasteiger partial charge in [-0.1, -0.05) is 13.8 Å². The number of imidazole rings is 2. The molecule has 4 N–H and O–H groups in total. The molecule has 50 heavy (non-hydrogen) atoms. The Morgan fingerprint density at radius 1 is 1.28 bits per heavy atom. The molecule has 4 aromatic rings. The quantitative estimate of drug-likeness (QED) is 0.0931. The van der Waals surface area contributed by atoms with Gasteiger partial charge in [-0.3, -0.25) is 33.5 Å². The van der Waals surface area contributed by atoms with Crippen molar-refractivity contribution >= 4 is 61.0 Å². The Morgan fingerprint density at radius 2 is 2.04 bits per heavy atom. The second-order valence-electron chi connectivity index (χ2n) is 10.8. The first-order chi connectivity index (χ1) is 23.8. The number of carbonyl (C=O) groups excluding carboxylic acids is 1. The van der Waals surface area contributed by atoms with E-state index in [2.05, 4.69) is 35.2 Å². The summed E-state index contributed by atoms with van der Waals surface area (Å²) in [7, 11) is -4.00. The summed E-state index contributed by atoms with van der Waals surface area (Å²) in [6.07, 6.45) is -2.97. The van der Waals surface area contributed by atoms with Crippen molar-refractivity contribution in [1.29, 1.82) is 5.26 Å². The smallest absolute Gasteiger partial charge is 0.327 e. The van der Waals surface area contributed by atoms with Crippen LogP contribution in [0.1, 0.15) is 32.3 Å². The molecule has 0 spiro atoms. The van der Waals surface area contributed by atoms with Gasteiger partial charge < -0.3 is 32.9 Å². The first kappa shape index (κ1) is 37.6. The van der Waals surface area contributed by atoms with E-state index < -0.39 is 69.9 Å². The molecule has 1 aliphatic rings. The van der Waals surface area contributed by atoms with Gasteiger partial charge in [-0.05, 0) is 11.8 Å². The van der Waals surface area contributed by atoms with E-state index in [4.69, 9.17) is 39.9 Å². The lowest BCUT2D eigenvalue weighted by atomic mass is 10.1. The minimum atomic E-state index is -4.03. The Balaban J connectivity index is 1.38. The number of nitrogens with one attached hydrogen (secondary N) is 2. The molecular weight excluding hydrogens is 732 g/mol. The second kappa shape index (κ2) is 15.7. The van der Waals surface area contributed by atoms with Crippen LogP contribution in [0.25, 0.3) is 22.3 Å². The SMILES string of the molecule is CC(C)C(=O)Nc1nc2c(ncn2[C@@H]2O[C@H](COP(=S)(OCCC#N)OCCn3c(CO)nc4cncnc43)C(F)(F)[C@H]2O[PH](=O)O)c(=O)[nH]1. The highest BCUT2D eigenvalue weighted by Crippen LogP contribution is 2.53. The first-order valence-electron chi connectivity index (χ1n) is 14.6. The summed E-state index contributed by atoms with van der Waals surface area (Å²) in [6.45, 7) is -2.61. The first-order valence-corrected chi connectivity index (χ1v) is 18.5. The number of aromatic amines is 1. The van der Waals surface area contributed by atoms with Crippen molar-refractivity contribution in [3.05, 3.63) is 35.0 Å². The zero-order valence-corrected chi connectivity index (χ0v) is 28.8. The monoisotopic (exact) mass is 762 g/mol. The molecule has 20 nitrogen and oxygen atoms in total. The number of fused-ring (bicyclic) bond motifs is 2. The number of anilines is 1. The number of H-pyrrole nitrogens is 1. The fraction of sp³-hybridized carbons (Fsp3) is 0.520. The molecule has 0 aromatic carbocycles. The fourth-order valence-corrected chi connectivity index (χ4v) is 7.02. The van der Waals surface area contributed by atoms with Crippen LogP contribution >= 0.6 is 15.0 Å². The maximum absolute atomic E-state index is 15.9. The molecule has 5 atom stereocenters. The average Bonchev–Trinajstić information content (AvgIpc) is 3.72. The fourth-order valence-electron chi connectivity index (χ4n) is 4.74. The van der Waals surface area contributed by atoms with Gasteiger partial charge in [-0.25, -0.2) is 28.7 Å². The van der Waals surface area contributed by atoms with Crippen LogP contribution in [0, 0.1) is 17.2 Å². The molecule has 4 aromatic heterocycles. The molecule has 0 radical (unpaired) electrons. The lowest BCUT2D eigenvalue weighted by Gasteiger charge is -2.25.